The highest BCUT2D eigenvalue weighted by molar-refractivity contribution is 9.09. The van der Waals surface area contributed by atoms with Gasteiger partial charge in [0, 0.05) is 18.3 Å². The van der Waals surface area contributed by atoms with E-state index in [4.69, 9.17) is 0 Å². The average molecular weight is 296 g/mol. The van der Waals surface area contributed by atoms with Gasteiger partial charge in [0.1, 0.15) is 0 Å². The van der Waals surface area contributed by atoms with Crippen LogP contribution in [0.25, 0.3) is 5.57 Å². The normalized spacial score (nSPS) is 21.4. The summed E-state index contributed by atoms with van der Waals surface area (Å²) >= 11 is 3.74. The summed E-state index contributed by atoms with van der Waals surface area (Å²) in [5.74, 6) is 0. The van der Waals surface area contributed by atoms with Crippen molar-refractivity contribution in [1.82, 2.24) is 0 Å². The molecule has 2 heteroatoms. The van der Waals surface area contributed by atoms with Crippen molar-refractivity contribution >= 4 is 27.2 Å². The van der Waals surface area contributed by atoms with E-state index >= 15 is 0 Å². The van der Waals surface area contributed by atoms with Crippen molar-refractivity contribution < 1.29 is 0 Å². The molecule has 1 unspecified atom stereocenters. The van der Waals surface area contributed by atoms with E-state index in [0.29, 0.717) is 4.83 Å². The largest absolute Gasteiger partial charge is 0.368 e. The molecule has 1 aliphatic rings. The van der Waals surface area contributed by atoms with Gasteiger partial charge in [-0.15, -0.1) is 0 Å². The molecule has 0 bridgehead atoms. The van der Waals surface area contributed by atoms with E-state index in [1.54, 1.807) is 0 Å². The van der Waals surface area contributed by atoms with Crippen molar-refractivity contribution in [1.29, 1.82) is 0 Å². The Balaban J connectivity index is 0.000000686. The summed E-state index contributed by atoms with van der Waals surface area (Å²) in [6, 6.07) is 8.43. The van der Waals surface area contributed by atoms with E-state index in [-0.39, 0.29) is 5.54 Å². The average Bonchev–Trinajstić information content (AvgIpc) is 2.37. The molecule has 1 aromatic carbocycles. The van der Waals surface area contributed by atoms with Gasteiger partial charge in [-0.2, -0.15) is 0 Å². The van der Waals surface area contributed by atoms with Crippen LogP contribution in [-0.4, -0.2) is 17.4 Å². The third-order valence-electron chi connectivity index (χ3n) is 3.40. The van der Waals surface area contributed by atoms with Gasteiger partial charge in [-0.05, 0) is 25.5 Å². The Morgan fingerprint density at radius 1 is 1.24 bits per heavy atom. The minimum Gasteiger partial charge on any atom is -0.368 e. The van der Waals surface area contributed by atoms with Crippen LogP contribution in [0.3, 0.4) is 0 Å². The number of hydrogen-bond acceptors (Lipinski definition) is 1. The lowest BCUT2D eigenvalue weighted by molar-refractivity contribution is 0.505. The number of anilines is 1. The van der Waals surface area contributed by atoms with Gasteiger partial charge in [-0.25, -0.2) is 0 Å². The molecule has 1 aromatic rings. The number of nitrogens with zero attached hydrogens (tertiary/aromatic N) is 1. The Bertz CT molecular complexity index is 409. The van der Waals surface area contributed by atoms with Crippen molar-refractivity contribution in [3.05, 3.63) is 36.4 Å². The summed E-state index contributed by atoms with van der Waals surface area (Å²) in [6.45, 7) is 12.7. The third kappa shape index (κ3) is 2.28. The van der Waals surface area contributed by atoms with Crippen LogP contribution in [0.5, 0.6) is 0 Å². The molecule has 94 valence electrons. The van der Waals surface area contributed by atoms with Crippen LogP contribution in [0.4, 0.5) is 5.69 Å². The van der Waals surface area contributed by atoms with Gasteiger partial charge in [0.15, 0.2) is 0 Å². The maximum absolute atomic E-state index is 4.19. The summed E-state index contributed by atoms with van der Waals surface area (Å²) < 4.78 is 0. The molecule has 0 N–H and O–H groups in total. The lowest BCUT2D eigenvalue weighted by atomic mass is 9.84. The van der Waals surface area contributed by atoms with Crippen LogP contribution in [0.2, 0.25) is 0 Å². The van der Waals surface area contributed by atoms with Crippen molar-refractivity contribution in [3.8, 4) is 0 Å². The van der Waals surface area contributed by atoms with Crippen molar-refractivity contribution in [2.24, 2.45) is 0 Å². The first kappa shape index (κ1) is 14.3. The van der Waals surface area contributed by atoms with Gasteiger partial charge in [-0.1, -0.05) is 54.6 Å². The number of fused-ring (bicyclic) bond motifs is 1. The second-order valence-electron chi connectivity index (χ2n) is 4.62. The summed E-state index contributed by atoms with van der Waals surface area (Å²) in [5.41, 5.74) is 3.75. The topological polar surface area (TPSA) is 3.24 Å². The van der Waals surface area contributed by atoms with Crippen molar-refractivity contribution in [3.63, 3.8) is 0 Å². The van der Waals surface area contributed by atoms with E-state index < -0.39 is 0 Å². The summed E-state index contributed by atoms with van der Waals surface area (Å²) in [4.78, 5) is 2.61. The van der Waals surface area contributed by atoms with Crippen LogP contribution in [0.15, 0.2) is 30.8 Å². The lowest BCUT2D eigenvalue weighted by Gasteiger charge is -2.47. The predicted molar refractivity (Wildman–Crippen MR) is 82.0 cm³/mol. The molecular formula is C15H22BrN. The quantitative estimate of drug-likeness (QED) is 0.626. The van der Waals surface area contributed by atoms with E-state index in [1.165, 1.54) is 16.8 Å². The number of hydrogen-bond donors (Lipinski definition) is 0. The number of para-hydroxylation sites is 1. The van der Waals surface area contributed by atoms with Crippen molar-refractivity contribution in [2.45, 2.75) is 38.1 Å². The number of benzene rings is 1. The van der Waals surface area contributed by atoms with Crippen LogP contribution in [0, 0.1) is 0 Å². The molecule has 1 nitrogen and oxygen atoms in total. The Morgan fingerprint density at radius 2 is 1.76 bits per heavy atom. The molecule has 1 atom stereocenters. The van der Waals surface area contributed by atoms with Gasteiger partial charge in [0.2, 0.25) is 0 Å². The first-order valence-corrected chi connectivity index (χ1v) is 7.04. The smallest absolute Gasteiger partial charge is 0.0622 e. The fourth-order valence-corrected chi connectivity index (χ4v) is 2.63. The van der Waals surface area contributed by atoms with E-state index in [9.17, 15) is 0 Å². The van der Waals surface area contributed by atoms with Gasteiger partial charge in [0.25, 0.3) is 0 Å². The predicted octanol–water partition coefficient (Wildman–Crippen LogP) is 4.72. The second-order valence-corrected chi connectivity index (χ2v) is 5.53. The Morgan fingerprint density at radius 3 is 2.35 bits per heavy atom. The molecule has 1 heterocycles. The highest BCUT2D eigenvalue weighted by Crippen LogP contribution is 2.44. The molecule has 0 aliphatic carbocycles. The zero-order valence-corrected chi connectivity index (χ0v) is 13.0. The van der Waals surface area contributed by atoms with Gasteiger partial charge in [0.05, 0.1) is 10.4 Å². The fraction of sp³-hybridized carbons (Fsp3) is 0.467. The van der Waals surface area contributed by atoms with Crippen molar-refractivity contribution in [2.75, 3.05) is 11.9 Å². The van der Waals surface area contributed by atoms with E-state index in [0.717, 1.165) is 0 Å². The molecule has 1 aliphatic heterocycles. The monoisotopic (exact) mass is 295 g/mol. The molecular weight excluding hydrogens is 274 g/mol. The molecule has 2 rings (SSSR count). The molecule has 0 fully saturated rings. The van der Waals surface area contributed by atoms with Crippen LogP contribution >= 0.6 is 15.9 Å². The zero-order chi connectivity index (χ0) is 13.2. The minimum atomic E-state index is 0.0609. The molecule has 0 spiro atoms. The highest BCUT2D eigenvalue weighted by Gasteiger charge is 2.39. The Labute approximate surface area is 114 Å². The first-order valence-electron chi connectivity index (χ1n) is 6.12. The Kier molecular flexibility index (Phi) is 4.42. The lowest BCUT2D eigenvalue weighted by Crippen LogP contribution is -2.51. The van der Waals surface area contributed by atoms with Crippen LogP contribution < -0.4 is 4.90 Å². The maximum Gasteiger partial charge on any atom is 0.0622 e. The summed E-state index contributed by atoms with van der Waals surface area (Å²) in [7, 11) is 2.14. The zero-order valence-electron chi connectivity index (χ0n) is 11.4. The molecule has 0 saturated heterocycles. The fourth-order valence-electron chi connectivity index (χ4n) is 2.08. The number of rotatable bonds is 0. The van der Waals surface area contributed by atoms with Crippen LogP contribution in [0.1, 0.15) is 33.3 Å². The van der Waals surface area contributed by atoms with Gasteiger partial charge >= 0.3 is 0 Å². The van der Waals surface area contributed by atoms with Crippen LogP contribution in [-0.2, 0) is 0 Å². The molecule has 0 radical (unpaired) electrons. The SMILES string of the molecule is C=C1c2ccccc2N(C)C(C)(C)C1Br.CC. The summed E-state index contributed by atoms with van der Waals surface area (Å²) in [6.07, 6.45) is 0. The second kappa shape index (κ2) is 5.26. The number of alkyl halides is 1. The summed E-state index contributed by atoms with van der Waals surface area (Å²) in [5, 5.41) is 0. The van der Waals surface area contributed by atoms with E-state index in [1.807, 2.05) is 13.8 Å². The maximum atomic E-state index is 4.19. The van der Waals surface area contributed by atoms with E-state index in [2.05, 4.69) is 72.6 Å². The molecule has 0 saturated carbocycles. The minimum absolute atomic E-state index is 0.0609. The first-order chi connectivity index (χ1) is 7.96. The molecule has 17 heavy (non-hydrogen) atoms. The third-order valence-corrected chi connectivity index (χ3v) is 5.08. The molecule has 0 aromatic heterocycles. The number of halogens is 1. The molecule has 0 amide bonds. The highest BCUT2D eigenvalue weighted by atomic mass is 79.9. The van der Waals surface area contributed by atoms with Gasteiger partial charge in [-0.3, -0.25) is 0 Å². The standard InChI is InChI=1S/C13H16BrN.C2H6/c1-9-10-7-5-6-8-11(10)15(4)13(2,3)12(9)14;1-2/h5-8,12H,1H2,2-4H3;1-2H3. The van der Waals surface area contributed by atoms with Gasteiger partial charge < -0.3 is 4.90 Å². The Hall–Kier alpha value is -0.760.